The molecule has 0 bridgehead atoms. The highest BCUT2D eigenvalue weighted by molar-refractivity contribution is 9.10. The van der Waals surface area contributed by atoms with Crippen molar-refractivity contribution in [1.29, 1.82) is 0 Å². The lowest BCUT2D eigenvalue weighted by molar-refractivity contribution is 0.0279. The fourth-order valence-electron chi connectivity index (χ4n) is 2.00. The largest absolute Gasteiger partial charge is 0.449 e. The third-order valence-electron chi connectivity index (χ3n) is 3.19. The number of ether oxygens (including phenoxy) is 1. The highest BCUT2D eigenvalue weighted by Crippen LogP contribution is 2.24. The van der Waals surface area contributed by atoms with E-state index >= 15 is 0 Å². The molecule has 1 atom stereocenters. The summed E-state index contributed by atoms with van der Waals surface area (Å²) in [5, 5.41) is 7.94. The Bertz CT molecular complexity index is 817. The summed E-state index contributed by atoms with van der Waals surface area (Å²) < 4.78 is 11.6. The molecular weight excluding hydrogens is 360 g/mol. The summed E-state index contributed by atoms with van der Waals surface area (Å²) in [7, 11) is 0. The van der Waals surface area contributed by atoms with Gasteiger partial charge in [0, 0.05) is 10.0 Å². The Morgan fingerprint density at radius 1 is 1.09 bits per heavy atom. The van der Waals surface area contributed by atoms with Crippen LogP contribution in [-0.2, 0) is 4.74 Å². The van der Waals surface area contributed by atoms with Gasteiger partial charge in [0.1, 0.15) is 0 Å². The molecule has 5 nitrogen and oxygen atoms in total. The van der Waals surface area contributed by atoms with Crippen LogP contribution in [0.5, 0.6) is 0 Å². The van der Waals surface area contributed by atoms with Crippen LogP contribution in [0.1, 0.15) is 29.3 Å². The number of aromatic nitrogens is 2. The summed E-state index contributed by atoms with van der Waals surface area (Å²) in [6.45, 7) is 1.69. The van der Waals surface area contributed by atoms with E-state index in [4.69, 9.17) is 9.15 Å². The zero-order chi connectivity index (χ0) is 16.2. The van der Waals surface area contributed by atoms with Gasteiger partial charge in [-0.25, -0.2) is 4.79 Å². The topological polar surface area (TPSA) is 65.2 Å². The van der Waals surface area contributed by atoms with Crippen LogP contribution < -0.4 is 0 Å². The maximum atomic E-state index is 12.2. The summed E-state index contributed by atoms with van der Waals surface area (Å²) in [5.74, 6) is 0.193. The molecule has 0 amide bonds. The molecule has 0 saturated carbocycles. The number of hydrogen-bond acceptors (Lipinski definition) is 5. The first kappa shape index (κ1) is 15.4. The highest BCUT2D eigenvalue weighted by atomic mass is 79.9. The monoisotopic (exact) mass is 372 g/mol. The molecule has 3 rings (SSSR count). The predicted octanol–water partition coefficient (Wildman–Crippen LogP) is 4.42. The van der Waals surface area contributed by atoms with Crippen LogP contribution in [0.15, 0.2) is 63.5 Å². The second kappa shape index (κ2) is 6.75. The number of carbonyl (C=O) groups is 1. The predicted molar refractivity (Wildman–Crippen MR) is 87.7 cm³/mol. The first-order valence-electron chi connectivity index (χ1n) is 6.99. The smallest absolute Gasteiger partial charge is 0.340 e. The van der Waals surface area contributed by atoms with E-state index in [0.717, 1.165) is 5.56 Å². The number of hydrogen-bond donors (Lipinski definition) is 0. The van der Waals surface area contributed by atoms with Crippen LogP contribution >= 0.6 is 15.9 Å². The molecule has 23 heavy (non-hydrogen) atoms. The average molecular weight is 373 g/mol. The van der Waals surface area contributed by atoms with Gasteiger partial charge in [0.2, 0.25) is 5.89 Å². The van der Waals surface area contributed by atoms with Gasteiger partial charge in [0.05, 0.1) is 5.56 Å². The minimum atomic E-state index is -0.639. The van der Waals surface area contributed by atoms with Crippen molar-refractivity contribution in [3.05, 3.63) is 70.5 Å². The Kier molecular flexibility index (Phi) is 4.52. The molecule has 0 unspecified atom stereocenters. The van der Waals surface area contributed by atoms with Crippen molar-refractivity contribution in [3.63, 3.8) is 0 Å². The summed E-state index contributed by atoms with van der Waals surface area (Å²) in [6.07, 6.45) is -0.639. The SMILES string of the molecule is C[C@H](OC(=O)c1ccccc1Br)c1nnc(-c2ccccc2)o1. The lowest BCUT2D eigenvalue weighted by atomic mass is 10.2. The maximum Gasteiger partial charge on any atom is 0.340 e. The van der Waals surface area contributed by atoms with E-state index in [1.165, 1.54) is 0 Å². The molecule has 0 spiro atoms. The van der Waals surface area contributed by atoms with Crippen LogP contribution in [0.2, 0.25) is 0 Å². The van der Waals surface area contributed by atoms with Crippen molar-refractivity contribution in [2.24, 2.45) is 0 Å². The van der Waals surface area contributed by atoms with Gasteiger partial charge < -0.3 is 9.15 Å². The van der Waals surface area contributed by atoms with Gasteiger partial charge in [-0.1, -0.05) is 30.3 Å². The number of nitrogens with zero attached hydrogens (tertiary/aromatic N) is 2. The van der Waals surface area contributed by atoms with Crippen molar-refractivity contribution in [2.75, 3.05) is 0 Å². The van der Waals surface area contributed by atoms with E-state index in [-0.39, 0.29) is 5.89 Å². The van der Waals surface area contributed by atoms with Crippen molar-refractivity contribution in [1.82, 2.24) is 10.2 Å². The quantitative estimate of drug-likeness (QED) is 0.634. The molecule has 1 aromatic heterocycles. The van der Waals surface area contributed by atoms with E-state index < -0.39 is 12.1 Å². The highest BCUT2D eigenvalue weighted by Gasteiger charge is 2.20. The maximum absolute atomic E-state index is 12.2. The van der Waals surface area contributed by atoms with Crippen LogP contribution in [0.3, 0.4) is 0 Å². The normalized spacial score (nSPS) is 11.9. The molecule has 1 heterocycles. The Hall–Kier alpha value is -2.47. The molecule has 3 aromatic rings. The van der Waals surface area contributed by atoms with E-state index in [1.807, 2.05) is 36.4 Å². The molecule has 0 N–H and O–H groups in total. The minimum absolute atomic E-state index is 0.254. The Morgan fingerprint density at radius 2 is 1.78 bits per heavy atom. The van der Waals surface area contributed by atoms with Gasteiger partial charge in [0.15, 0.2) is 6.10 Å². The van der Waals surface area contributed by atoms with E-state index in [9.17, 15) is 4.79 Å². The molecule has 0 aliphatic heterocycles. The van der Waals surface area contributed by atoms with Crippen molar-refractivity contribution >= 4 is 21.9 Å². The van der Waals surface area contributed by atoms with Crippen molar-refractivity contribution in [2.45, 2.75) is 13.0 Å². The van der Waals surface area contributed by atoms with Gasteiger partial charge in [-0.15, -0.1) is 10.2 Å². The number of benzene rings is 2. The molecule has 0 saturated heterocycles. The second-order valence-corrected chi connectivity index (χ2v) is 5.69. The molecule has 2 aromatic carbocycles. The standard InChI is InChI=1S/C17H13BrN2O3/c1-11(22-17(21)13-9-5-6-10-14(13)18)15-19-20-16(23-15)12-7-3-2-4-8-12/h2-11H,1H3/t11-/m0/s1. The van der Waals surface area contributed by atoms with Gasteiger partial charge in [0.25, 0.3) is 5.89 Å². The summed E-state index contributed by atoms with van der Waals surface area (Å²) >= 11 is 3.33. The summed E-state index contributed by atoms with van der Waals surface area (Å²) in [4.78, 5) is 12.2. The lowest BCUT2D eigenvalue weighted by Crippen LogP contribution is -2.10. The third-order valence-corrected chi connectivity index (χ3v) is 3.88. The Labute approximate surface area is 141 Å². The van der Waals surface area contributed by atoms with Crippen molar-refractivity contribution < 1.29 is 13.9 Å². The van der Waals surface area contributed by atoms with Crippen LogP contribution in [-0.4, -0.2) is 16.2 Å². The first-order chi connectivity index (χ1) is 11.1. The molecule has 0 aliphatic carbocycles. The average Bonchev–Trinajstić information content (AvgIpc) is 3.06. The van der Waals surface area contributed by atoms with Crippen LogP contribution in [0.25, 0.3) is 11.5 Å². The number of rotatable bonds is 4. The lowest BCUT2D eigenvalue weighted by Gasteiger charge is -2.10. The summed E-state index contributed by atoms with van der Waals surface area (Å²) in [6, 6.07) is 16.5. The zero-order valence-electron chi connectivity index (χ0n) is 12.3. The van der Waals surface area contributed by atoms with E-state index in [2.05, 4.69) is 26.1 Å². The second-order valence-electron chi connectivity index (χ2n) is 4.84. The molecule has 0 radical (unpaired) electrons. The van der Waals surface area contributed by atoms with Gasteiger partial charge in [-0.3, -0.25) is 0 Å². The molecule has 0 fully saturated rings. The Morgan fingerprint density at radius 3 is 2.52 bits per heavy atom. The fraction of sp³-hybridized carbons (Fsp3) is 0.118. The van der Waals surface area contributed by atoms with E-state index in [1.54, 1.807) is 25.1 Å². The number of carbonyl (C=O) groups excluding carboxylic acids is 1. The number of halogens is 1. The number of esters is 1. The zero-order valence-corrected chi connectivity index (χ0v) is 13.9. The van der Waals surface area contributed by atoms with E-state index in [0.29, 0.717) is 15.9 Å². The van der Waals surface area contributed by atoms with Crippen LogP contribution in [0, 0.1) is 0 Å². The Balaban J connectivity index is 1.74. The third kappa shape index (κ3) is 3.48. The van der Waals surface area contributed by atoms with Gasteiger partial charge in [-0.05, 0) is 47.1 Å². The van der Waals surface area contributed by atoms with Gasteiger partial charge >= 0.3 is 5.97 Å². The minimum Gasteiger partial charge on any atom is -0.449 e. The summed E-state index contributed by atoms with van der Waals surface area (Å²) in [5.41, 5.74) is 1.26. The van der Waals surface area contributed by atoms with Crippen LogP contribution in [0.4, 0.5) is 0 Å². The van der Waals surface area contributed by atoms with Gasteiger partial charge in [-0.2, -0.15) is 0 Å². The van der Waals surface area contributed by atoms with Crippen molar-refractivity contribution in [3.8, 4) is 11.5 Å². The molecule has 0 aliphatic rings. The molecular formula is C17H13BrN2O3. The fourth-order valence-corrected chi connectivity index (χ4v) is 2.44. The molecule has 6 heteroatoms. The molecule has 116 valence electrons. The first-order valence-corrected chi connectivity index (χ1v) is 7.79.